The fourth-order valence-corrected chi connectivity index (χ4v) is 10.4. The molecule has 0 N–H and O–H groups in total. The third kappa shape index (κ3) is 6.09. The first kappa shape index (κ1) is 33.3. The van der Waals surface area contributed by atoms with Gasteiger partial charge in [0, 0.05) is 69.7 Å². The van der Waals surface area contributed by atoms with E-state index >= 15 is 4.39 Å². The Kier molecular flexibility index (Phi) is 8.59. The summed E-state index contributed by atoms with van der Waals surface area (Å²) in [5.74, 6) is 0. The van der Waals surface area contributed by atoms with Crippen LogP contribution in [0.4, 0.5) is 4.39 Å². The second-order valence-electron chi connectivity index (χ2n) is 11.5. The minimum atomic E-state index is -4.73. The maximum Gasteiger partial charge on any atom is 0.251 e. The largest absolute Gasteiger partial charge is 0.319 e. The zero-order valence-electron chi connectivity index (χ0n) is 25.1. The van der Waals surface area contributed by atoms with Crippen LogP contribution in [0.1, 0.15) is 30.5 Å². The molecule has 2 heterocycles. The highest BCUT2D eigenvalue weighted by Gasteiger charge is 2.51. The van der Waals surface area contributed by atoms with Crippen molar-refractivity contribution in [3.63, 3.8) is 0 Å². The van der Waals surface area contributed by atoms with Crippen molar-refractivity contribution in [3.8, 4) is 11.1 Å². The number of pyridine rings is 1. The molecule has 0 saturated heterocycles. The molecule has 0 radical (unpaired) electrons. The van der Waals surface area contributed by atoms with Crippen molar-refractivity contribution in [1.82, 2.24) is 9.88 Å². The van der Waals surface area contributed by atoms with Crippen LogP contribution in [0.15, 0.2) is 87.1 Å². The predicted octanol–water partition coefficient (Wildman–Crippen LogP) is 5.31. The quantitative estimate of drug-likeness (QED) is 0.220. The molecule has 5 rings (SSSR count). The molecule has 4 aromatic rings. The van der Waals surface area contributed by atoms with E-state index in [0.29, 0.717) is 33.2 Å². The Hall–Kier alpha value is -3.08. The molecule has 0 aliphatic carbocycles. The van der Waals surface area contributed by atoms with Crippen LogP contribution >= 0.6 is 21.0 Å². The molecule has 9 nitrogen and oxygen atoms in total. The Balaban J connectivity index is 1.67. The third-order valence-corrected chi connectivity index (χ3v) is 15.4. The van der Waals surface area contributed by atoms with E-state index < -0.39 is 66.7 Å². The van der Waals surface area contributed by atoms with Gasteiger partial charge < -0.3 is 4.90 Å². The Labute approximate surface area is 273 Å². The number of aromatic nitrogens is 1. The summed E-state index contributed by atoms with van der Waals surface area (Å²) in [6.45, 7) is 3.25. The summed E-state index contributed by atoms with van der Waals surface area (Å²) in [4.78, 5) is 5.77. The molecule has 0 spiro atoms. The number of benzene rings is 3. The maximum atomic E-state index is 17.5. The summed E-state index contributed by atoms with van der Waals surface area (Å²) in [6, 6.07) is 18.6. The van der Waals surface area contributed by atoms with Crippen LogP contribution in [-0.4, -0.2) is 64.0 Å². The number of hydrogen-bond donors (Lipinski definition) is 0. The van der Waals surface area contributed by atoms with Gasteiger partial charge in [-0.25, -0.2) is 29.6 Å². The summed E-state index contributed by atoms with van der Waals surface area (Å²) >= 11 is -0.965. The molecule has 14 heteroatoms. The smallest absolute Gasteiger partial charge is 0.251 e. The summed E-state index contributed by atoms with van der Waals surface area (Å²) in [6.07, 6.45) is 3.21. The van der Waals surface area contributed by atoms with Crippen molar-refractivity contribution in [2.75, 3.05) is 19.6 Å². The van der Waals surface area contributed by atoms with Crippen LogP contribution in [0, 0.1) is 0 Å². The van der Waals surface area contributed by atoms with Gasteiger partial charge in [-0.15, -0.1) is 0 Å². The number of hydrogen-bond acceptors (Lipinski definition) is 9. The van der Waals surface area contributed by atoms with E-state index in [0.717, 1.165) is 6.26 Å². The number of alkyl halides is 1. The van der Waals surface area contributed by atoms with Crippen molar-refractivity contribution >= 4 is 70.7 Å². The van der Waals surface area contributed by atoms with E-state index in [4.69, 9.17) is 0 Å². The molecule has 1 atom stereocenters. The molecule has 0 fully saturated rings. The fourth-order valence-electron chi connectivity index (χ4n) is 5.00. The summed E-state index contributed by atoms with van der Waals surface area (Å²) < 4.78 is 99.6. The highest BCUT2D eigenvalue weighted by Crippen LogP contribution is 2.41. The Bertz CT molecular complexity index is 2220. The number of sulfone groups is 3. The van der Waals surface area contributed by atoms with Crippen molar-refractivity contribution < 1.29 is 29.6 Å². The lowest BCUT2D eigenvalue weighted by Crippen LogP contribution is -2.43. The molecule has 45 heavy (non-hydrogen) atoms. The SMILES string of the molecule is CN1C=IN=C1S(=O)(=O)C(F)(Cc1cccc(-c2cc(C(C)(C)S(C)(=O)=O)cc3cccnc23)c1)c1ccc(S(C)(=O)=O)cc1. The van der Waals surface area contributed by atoms with Crippen LogP contribution in [0.25, 0.3) is 22.0 Å². The van der Waals surface area contributed by atoms with Gasteiger partial charge in [0.1, 0.15) is 0 Å². The minimum Gasteiger partial charge on any atom is -0.319 e. The zero-order valence-corrected chi connectivity index (χ0v) is 29.7. The van der Waals surface area contributed by atoms with Gasteiger partial charge in [0.25, 0.3) is 9.84 Å². The molecule has 1 aromatic heterocycles. The van der Waals surface area contributed by atoms with Crippen LogP contribution < -0.4 is 0 Å². The average molecular weight is 784 g/mol. The van der Waals surface area contributed by atoms with Crippen LogP contribution in [-0.2, 0) is 45.7 Å². The summed E-state index contributed by atoms with van der Waals surface area (Å²) in [7, 11) is -10.4. The standard InChI is InChI=1S/C31H31FIN3O6S3/c1-30(2,44(5,39)40)25-17-23-10-7-15-34-28(23)27(18-25)22-9-6-8-21(16-22)19-31(32,45(41,42)29-35-33-20-36(29)3)24-11-13-26(14-12-24)43(4,37)38/h6-18,20H,19H2,1-5H3. The lowest BCUT2D eigenvalue weighted by molar-refractivity contribution is 0.273. The Morgan fingerprint density at radius 1 is 0.867 bits per heavy atom. The van der Waals surface area contributed by atoms with E-state index in [1.807, 2.05) is 6.07 Å². The maximum absolute atomic E-state index is 17.5. The molecule has 1 aliphatic rings. The average Bonchev–Trinajstić information content (AvgIpc) is 3.42. The molecular formula is C31H31FIN3O6S3. The molecule has 0 amide bonds. The van der Waals surface area contributed by atoms with Gasteiger partial charge >= 0.3 is 0 Å². The van der Waals surface area contributed by atoms with E-state index in [2.05, 4.69) is 8.19 Å². The number of fused-ring (bicyclic) bond motifs is 1. The monoisotopic (exact) mass is 783 g/mol. The first-order valence-corrected chi connectivity index (χ1v) is 21.0. The Morgan fingerprint density at radius 3 is 2.16 bits per heavy atom. The van der Waals surface area contributed by atoms with Crippen molar-refractivity contribution in [2.45, 2.75) is 34.9 Å². The lowest BCUT2D eigenvalue weighted by atomic mass is 9.92. The number of rotatable bonds is 8. The normalized spacial score (nSPS) is 15.9. The zero-order chi connectivity index (χ0) is 33.0. The fraction of sp³-hybridized carbons (Fsp3) is 0.258. The Morgan fingerprint density at radius 2 is 1.56 bits per heavy atom. The second kappa shape index (κ2) is 11.6. The van der Waals surface area contributed by atoms with Gasteiger partial charge in [-0.2, -0.15) is 3.21 Å². The van der Waals surface area contributed by atoms with Crippen LogP contribution in [0.3, 0.4) is 0 Å². The first-order chi connectivity index (χ1) is 20.9. The van der Waals surface area contributed by atoms with Gasteiger partial charge in [-0.3, -0.25) is 4.98 Å². The van der Waals surface area contributed by atoms with Crippen LogP contribution in [0.5, 0.6) is 0 Å². The van der Waals surface area contributed by atoms with Crippen LogP contribution in [0.2, 0.25) is 0 Å². The summed E-state index contributed by atoms with van der Waals surface area (Å²) in [5, 5.41) is -2.67. The molecule has 0 bridgehead atoms. The highest BCUT2D eigenvalue weighted by molar-refractivity contribution is 14.2. The van der Waals surface area contributed by atoms with Gasteiger partial charge in [0.05, 0.1) is 19.3 Å². The molecule has 0 saturated carbocycles. The predicted molar refractivity (Wildman–Crippen MR) is 185 cm³/mol. The molecule has 238 valence electrons. The molecule has 1 aliphatic heterocycles. The van der Waals surface area contributed by atoms with E-state index in [-0.39, 0.29) is 15.6 Å². The molecular weight excluding hydrogens is 752 g/mol. The van der Waals surface area contributed by atoms with Crippen molar-refractivity contribution in [1.29, 1.82) is 0 Å². The topological polar surface area (TPSA) is 131 Å². The highest BCUT2D eigenvalue weighted by atomic mass is 127. The first-order valence-electron chi connectivity index (χ1n) is 13.6. The lowest BCUT2D eigenvalue weighted by Gasteiger charge is -2.28. The van der Waals surface area contributed by atoms with Gasteiger partial charge in [-0.1, -0.05) is 42.5 Å². The van der Waals surface area contributed by atoms with Gasteiger partial charge in [0.2, 0.25) is 10.2 Å². The minimum absolute atomic E-state index is 0.0706. The van der Waals surface area contributed by atoms with E-state index in [1.54, 1.807) is 66.6 Å². The van der Waals surface area contributed by atoms with Crippen molar-refractivity contribution in [3.05, 3.63) is 95.7 Å². The second-order valence-corrected chi connectivity index (χ2v) is 19.7. The van der Waals surface area contributed by atoms with E-state index in [1.165, 1.54) is 42.5 Å². The number of nitrogens with zero attached hydrogens (tertiary/aromatic N) is 3. The van der Waals surface area contributed by atoms with Crippen molar-refractivity contribution in [2.24, 2.45) is 3.21 Å². The number of halogens is 2. The van der Waals surface area contributed by atoms with Gasteiger partial charge in [0.15, 0.2) is 19.7 Å². The number of amidine groups is 1. The molecule has 3 aromatic carbocycles. The van der Waals surface area contributed by atoms with Gasteiger partial charge in [-0.05, 0) is 60.9 Å². The third-order valence-electron chi connectivity index (χ3n) is 7.99. The van der Waals surface area contributed by atoms with E-state index in [9.17, 15) is 25.3 Å². The molecule has 1 unspecified atom stereocenters. The summed E-state index contributed by atoms with van der Waals surface area (Å²) in [5.41, 5.74) is 2.43.